The lowest BCUT2D eigenvalue weighted by Crippen LogP contribution is -2.25. The van der Waals surface area contributed by atoms with Crippen LogP contribution in [0.25, 0.3) is 0 Å². The quantitative estimate of drug-likeness (QED) is 0.480. The van der Waals surface area contributed by atoms with Crippen LogP contribution in [0.2, 0.25) is 0 Å². The average Bonchev–Trinajstić information content (AvgIpc) is 3.48. The van der Waals surface area contributed by atoms with Crippen LogP contribution in [0.15, 0.2) is 82.9 Å². The highest BCUT2D eigenvalue weighted by Crippen LogP contribution is 2.38. The highest BCUT2D eigenvalue weighted by Gasteiger charge is 2.39. The van der Waals surface area contributed by atoms with E-state index < -0.39 is 11.1 Å². The maximum absolute atomic E-state index is 13.4. The molecule has 37 heavy (non-hydrogen) atoms. The summed E-state index contributed by atoms with van der Waals surface area (Å²) >= 11 is 1.23. The van der Waals surface area contributed by atoms with E-state index in [1.165, 1.54) is 30.0 Å². The summed E-state index contributed by atoms with van der Waals surface area (Å²) in [7, 11) is 1.62. The number of hydrogen-bond acceptors (Lipinski definition) is 6. The Hall–Kier alpha value is -3.98. The van der Waals surface area contributed by atoms with E-state index in [-0.39, 0.29) is 24.3 Å². The molecular formula is C28H25FN4O3S. The summed E-state index contributed by atoms with van der Waals surface area (Å²) in [5.41, 5.74) is 4.38. The second kappa shape index (κ2) is 10.6. The molecule has 188 valence electrons. The number of hydrazone groups is 1. The van der Waals surface area contributed by atoms with Crippen LogP contribution in [0.3, 0.4) is 0 Å². The van der Waals surface area contributed by atoms with Crippen molar-refractivity contribution in [2.45, 2.75) is 31.1 Å². The molecule has 0 aliphatic carbocycles. The van der Waals surface area contributed by atoms with E-state index in [0.29, 0.717) is 17.3 Å². The lowest BCUT2D eigenvalue weighted by molar-refractivity contribution is -0.121. The van der Waals surface area contributed by atoms with Gasteiger partial charge in [0.2, 0.25) is 5.91 Å². The van der Waals surface area contributed by atoms with Gasteiger partial charge in [-0.1, -0.05) is 47.7 Å². The number of hydrogen-bond donors (Lipinski definition) is 1. The third kappa shape index (κ3) is 5.56. The molecule has 5 rings (SSSR count). The predicted octanol–water partition coefficient (Wildman–Crippen LogP) is 5.32. The van der Waals surface area contributed by atoms with Gasteiger partial charge in [0.1, 0.15) is 16.8 Å². The molecule has 7 nitrogen and oxygen atoms in total. The van der Waals surface area contributed by atoms with E-state index in [2.05, 4.69) is 22.4 Å². The van der Waals surface area contributed by atoms with Gasteiger partial charge in [-0.2, -0.15) is 10.1 Å². The third-order valence-corrected chi connectivity index (χ3v) is 7.34. The number of methoxy groups -OCH3 is 1. The standard InChI is InChI=1S/C28H25FN4O3S/c1-17-6-8-19(9-7-17)24-15-23(18-10-12-22(36-2)13-11-18)32-33(24)28-31-27(35)25(37-28)16-26(34)30-21-5-3-4-20(29)14-21/h3-14,24-25H,15-16H2,1-2H3,(H,30,34)/t24-,25+/m1/s1. The van der Waals surface area contributed by atoms with Crippen molar-refractivity contribution in [1.82, 2.24) is 5.01 Å². The van der Waals surface area contributed by atoms with Crippen LogP contribution >= 0.6 is 11.8 Å². The van der Waals surface area contributed by atoms with Crippen LogP contribution in [-0.4, -0.2) is 40.1 Å². The summed E-state index contributed by atoms with van der Waals surface area (Å²) in [6, 6.07) is 21.4. The van der Waals surface area contributed by atoms with E-state index in [9.17, 15) is 14.0 Å². The van der Waals surface area contributed by atoms with Crippen molar-refractivity contribution in [3.05, 3.63) is 95.3 Å². The fraction of sp³-hybridized carbons (Fsp3) is 0.214. The number of carbonyl (C=O) groups is 2. The van der Waals surface area contributed by atoms with E-state index in [1.807, 2.05) is 43.3 Å². The Morgan fingerprint density at radius 1 is 1.14 bits per heavy atom. The Kier molecular flexibility index (Phi) is 7.05. The Bertz CT molecular complexity index is 1390. The van der Waals surface area contributed by atoms with Crippen molar-refractivity contribution in [1.29, 1.82) is 0 Å². The number of aliphatic imine (C=N–C) groups is 1. The van der Waals surface area contributed by atoms with Gasteiger partial charge >= 0.3 is 0 Å². The Morgan fingerprint density at radius 2 is 1.89 bits per heavy atom. The zero-order chi connectivity index (χ0) is 25.9. The van der Waals surface area contributed by atoms with Crippen molar-refractivity contribution < 1.29 is 18.7 Å². The van der Waals surface area contributed by atoms with E-state index in [4.69, 9.17) is 9.84 Å². The minimum absolute atomic E-state index is 0.0783. The molecule has 3 aromatic rings. The molecule has 0 saturated carbocycles. The van der Waals surface area contributed by atoms with Crippen molar-refractivity contribution >= 4 is 40.1 Å². The fourth-order valence-corrected chi connectivity index (χ4v) is 5.31. The molecule has 9 heteroatoms. The first-order valence-electron chi connectivity index (χ1n) is 11.8. The molecule has 0 bridgehead atoms. The van der Waals surface area contributed by atoms with E-state index in [0.717, 1.165) is 28.2 Å². The van der Waals surface area contributed by atoms with Crippen LogP contribution in [-0.2, 0) is 9.59 Å². The second-order valence-electron chi connectivity index (χ2n) is 8.85. The summed E-state index contributed by atoms with van der Waals surface area (Å²) in [6.07, 6.45) is 0.555. The van der Waals surface area contributed by atoms with Crippen molar-refractivity contribution in [2.24, 2.45) is 10.1 Å². The number of amidine groups is 1. The Morgan fingerprint density at radius 3 is 2.59 bits per heavy atom. The summed E-state index contributed by atoms with van der Waals surface area (Å²) in [5, 5.41) is 9.08. The molecule has 2 atom stereocenters. The zero-order valence-corrected chi connectivity index (χ0v) is 21.2. The summed E-state index contributed by atoms with van der Waals surface area (Å²) < 4.78 is 18.7. The average molecular weight is 517 g/mol. The maximum atomic E-state index is 13.4. The smallest absolute Gasteiger partial charge is 0.262 e. The first-order chi connectivity index (χ1) is 17.9. The molecule has 0 unspecified atom stereocenters. The lowest BCUT2D eigenvalue weighted by Gasteiger charge is -2.23. The monoisotopic (exact) mass is 516 g/mol. The summed E-state index contributed by atoms with van der Waals surface area (Å²) in [6.45, 7) is 2.03. The van der Waals surface area contributed by atoms with Crippen LogP contribution < -0.4 is 10.1 Å². The molecule has 2 aliphatic heterocycles. The van der Waals surface area contributed by atoms with Gasteiger partial charge in [-0.15, -0.1) is 0 Å². The number of rotatable bonds is 6. The number of amides is 2. The predicted molar refractivity (Wildman–Crippen MR) is 143 cm³/mol. The van der Waals surface area contributed by atoms with E-state index in [1.54, 1.807) is 18.2 Å². The van der Waals surface area contributed by atoms with Crippen molar-refractivity contribution in [2.75, 3.05) is 12.4 Å². The number of ether oxygens (including phenoxy) is 1. The number of anilines is 1. The molecule has 0 aromatic heterocycles. The van der Waals surface area contributed by atoms with Gasteiger partial charge in [0, 0.05) is 18.5 Å². The first kappa shape index (κ1) is 24.7. The van der Waals surface area contributed by atoms with Crippen LogP contribution in [0.5, 0.6) is 5.75 Å². The second-order valence-corrected chi connectivity index (χ2v) is 10.0. The molecule has 0 fully saturated rings. The minimum atomic E-state index is -0.678. The number of halogens is 1. The fourth-order valence-electron chi connectivity index (χ4n) is 4.24. The number of nitrogens with zero attached hydrogens (tertiary/aromatic N) is 3. The highest BCUT2D eigenvalue weighted by atomic mass is 32.2. The molecule has 2 aliphatic rings. The SMILES string of the molecule is COc1ccc(C2=NN(C3=NC(=O)[C@H](CC(=O)Nc4cccc(F)c4)S3)[C@@H](c3ccc(C)cc3)C2)cc1. The van der Waals surface area contributed by atoms with Crippen LogP contribution in [0.1, 0.15) is 35.6 Å². The molecule has 0 spiro atoms. The zero-order valence-electron chi connectivity index (χ0n) is 20.3. The molecular weight excluding hydrogens is 491 g/mol. The van der Waals surface area contributed by atoms with Gasteiger partial charge in [0.15, 0.2) is 5.17 Å². The number of carbonyl (C=O) groups excluding carboxylic acids is 2. The van der Waals surface area contributed by atoms with Gasteiger partial charge in [0.25, 0.3) is 5.91 Å². The minimum Gasteiger partial charge on any atom is -0.497 e. The van der Waals surface area contributed by atoms with Gasteiger partial charge in [0.05, 0.1) is 18.9 Å². The number of benzene rings is 3. The van der Waals surface area contributed by atoms with E-state index >= 15 is 0 Å². The van der Waals surface area contributed by atoms with Crippen LogP contribution in [0, 0.1) is 12.7 Å². The van der Waals surface area contributed by atoms with Gasteiger partial charge < -0.3 is 10.1 Å². The first-order valence-corrected chi connectivity index (χ1v) is 12.7. The van der Waals surface area contributed by atoms with Gasteiger partial charge in [-0.25, -0.2) is 9.40 Å². The Labute approximate surface area is 218 Å². The molecule has 0 radical (unpaired) electrons. The van der Waals surface area contributed by atoms with Crippen LogP contribution in [0.4, 0.5) is 10.1 Å². The number of nitrogens with one attached hydrogen (secondary N) is 1. The largest absolute Gasteiger partial charge is 0.497 e. The van der Waals surface area contributed by atoms with Crippen molar-refractivity contribution in [3.8, 4) is 5.75 Å². The molecule has 1 N–H and O–H groups in total. The van der Waals surface area contributed by atoms with Gasteiger partial charge in [-0.3, -0.25) is 9.59 Å². The maximum Gasteiger partial charge on any atom is 0.262 e. The van der Waals surface area contributed by atoms with Gasteiger partial charge in [-0.05, 0) is 60.5 Å². The summed E-state index contributed by atoms with van der Waals surface area (Å²) in [5.74, 6) is -0.455. The lowest BCUT2D eigenvalue weighted by atomic mass is 9.98. The molecule has 3 aromatic carbocycles. The molecule has 0 saturated heterocycles. The topological polar surface area (TPSA) is 83.4 Å². The highest BCUT2D eigenvalue weighted by molar-refractivity contribution is 8.15. The summed E-state index contributed by atoms with van der Waals surface area (Å²) in [4.78, 5) is 29.6. The Balaban J connectivity index is 1.35. The molecule has 2 heterocycles. The third-order valence-electron chi connectivity index (χ3n) is 6.20. The van der Waals surface area contributed by atoms with Crippen molar-refractivity contribution in [3.63, 3.8) is 0 Å². The number of thioether (sulfide) groups is 1. The number of aryl methyl sites for hydroxylation is 1. The normalized spacial score (nSPS) is 19.0. The molecule has 2 amide bonds.